The first-order valence-electron chi connectivity index (χ1n) is 16.1. The second kappa shape index (κ2) is 10.3. The van der Waals surface area contributed by atoms with E-state index in [1.165, 1.54) is 6.42 Å². The molecule has 10 nitrogen and oxygen atoms in total. The van der Waals surface area contributed by atoms with E-state index in [0.29, 0.717) is 43.3 Å². The molecule has 10 heteroatoms. The standard InChI is InChI=1S/C32H43N5O5/c1-20-18-37(22-10-15-38-19-22)29-25(20)30(41-21(2)24-9-7-14-36(24)3)34-28(33-29)26-23-8-6-12-31(27(23)35-42-26)11-4-5-13-32(31)39-16-17-40-32/h18,21-22,24H,4-17,19H2,1-3H3/t21-,22+,24-,31-/m0/s1. The highest BCUT2D eigenvalue weighted by molar-refractivity contribution is 5.87. The van der Waals surface area contributed by atoms with Crippen LogP contribution >= 0.6 is 0 Å². The van der Waals surface area contributed by atoms with Crippen LogP contribution in [0, 0.1) is 6.92 Å². The Bertz CT molecular complexity index is 1470. The van der Waals surface area contributed by atoms with Crippen LogP contribution in [0.4, 0.5) is 0 Å². The minimum absolute atomic E-state index is 0.00770. The first-order valence-corrected chi connectivity index (χ1v) is 16.1. The average Bonchev–Trinajstić information content (AvgIpc) is 3.82. The second-order valence-corrected chi connectivity index (χ2v) is 13.2. The van der Waals surface area contributed by atoms with Crippen molar-refractivity contribution in [2.45, 2.75) is 107 Å². The average molecular weight is 578 g/mol. The first-order chi connectivity index (χ1) is 20.5. The number of ether oxygens (including phenoxy) is 4. The number of fused-ring (bicyclic) bond motifs is 4. The van der Waals surface area contributed by atoms with Crippen LogP contribution in [0.1, 0.15) is 87.6 Å². The Balaban J connectivity index is 1.26. The lowest BCUT2D eigenvalue weighted by atomic mass is 9.61. The predicted molar refractivity (Wildman–Crippen MR) is 156 cm³/mol. The van der Waals surface area contributed by atoms with E-state index in [1.807, 2.05) is 0 Å². The van der Waals surface area contributed by atoms with Gasteiger partial charge in [-0.1, -0.05) is 11.6 Å². The van der Waals surface area contributed by atoms with Crippen LogP contribution in [0.2, 0.25) is 0 Å². The van der Waals surface area contributed by atoms with Gasteiger partial charge >= 0.3 is 0 Å². The molecule has 3 saturated heterocycles. The molecule has 4 atom stereocenters. The van der Waals surface area contributed by atoms with Gasteiger partial charge in [-0.05, 0) is 84.4 Å². The molecule has 226 valence electrons. The lowest BCUT2D eigenvalue weighted by Crippen LogP contribution is -2.56. The van der Waals surface area contributed by atoms with Crippen molar-refractivity contribution in [2.75, 3.05) is 40.0 Å². The van der Waals surface area contributed by atoms with Crippen LogP contribution in [0.3, 0.4) is 0 Å². The van der Waals surface area contributed by atoms with Crippen molar-refractivity contribution in [3.05, 3.63) is 23.0 Å². The normalized spacial score (nSPS) is 30.1. The van der Waals surface area contributed by atoms with Gasteiger partial charge in [-0.25, -0.2) is 4.98 Å². The van der Waals surface area contributed by atoms with Gasteiger partial charge < -0.3 is 28.0 Å². The van der Waals surface area contributed by atoms with E-state index >= 15 is 0 Å². The fraction of sp³-hybridized carbons (Fsp3) is 0.719. The van der Waals surface area contributed by atoms with Gasteiger partial charge in [-0.2, -0.15) is 4.98 Å². The predicted octanol–water partition coefficient (Wildman–Crippen LogP) is 5.11. The van der Waals surface area contributed by atoms with Crippen molar-refractivity contribution in [1.82, 2.24) is 24.6 Å². The second-order valence-electron chi connectivity index (χ2n) is 13.2. The summed E-state index contributed by atoms with van der Waals surface area (Å²) in [4.78, 5) is 12.7. The Kier molecular flexibility index (Phi) is 6.62. The van der Waals surface area contributed by atoms with Gasteiger partial charge in [-0.15, -0.1) is 0 Å². The summed E-state index contributed by atoms with van der Waals surface area (Å²) in [5, 5.41) is 5.76. The Hall–Kier alpha value is -2.53. The molecule has 2 aliphatic carbocycles. The molecule has 0 radical (unpaired) electrons. The molecule has 8 rings (SSSR count). The fourth-order valence-corrected chi connectivity index (χ4v) is 8.77. The highest BCUT2D eigenvalue weighted by Gasteiger charge is 2.61. The third kappa shape index (κ3) is 4.01. The topological polar surface area (TPSA) is 96.9 Å². The van der Waals surface area contributed by atoms with Gasteiger partial charge in [0, 0.05) is 30.8 Å². The Morgan fingerprint density at radius 3 is 2.64 bits per heavy atom. The first kappa shape index (κ1) is 27.0. The minimum atomic E-state index is -0.606. The van der Waals surface area contributed by atoms with E-state index in [9.17, 15) is 0 Å². The zero-order chi connectivity index (χ0) is 28.5. The summed E-state index contributed by atoms with van der Waals surface area (Å²) in [6, 6.07) is 0.594. The summed E-state index contributed by atoms with van der Waals surface area (Å²) in [5.74, 6) is 1.23. The summed E-state index contributed by atoms with van der Waals surface area (Å²) in [5.41, 5.74) is 3.80. The molecular weight excluding hydrogens is 534 g/mol. The molecule has 1 saturated carbocycles. The lowest BCUT2D eigenvalue weighted by molar-refractivity contribution is -0.231. The molecule has 42 heavy (non-hydrogen) atoms. The van der Waals surface area contributed by atoms with E-state index in [0.717, 1.165) is 98.8 Å². The van der Waals surface area contributed by atoms with E-state index < -0.39 is 5.79 Å². The number of hydrogen-bond acceptors (Lipinski definition) is 9. The molecule has 5 aliphatic rings. The number of likely N-dealkylation sites (tertiary alicyclic amines) is 1. The zero-order valence-corrected chi connectivity index (χ0v) is 25.2. The van der Waals surface area contributed by atoms with Crippen LogP contribution in [0.15, 0.2) is 10.7 Å². The largest absolute Gasteiger partial charge is 0.472 e. The smallest absolute Gasteiger partial charge is 0.227 e. The Morgan fingerprint density at radius 2 is 1.86 bits per heavy atom. The Morgan fingerprint density at radius 1 is 1.02 bits per heavy atom. The molecule has 0 amide bonds. The molecule has 0 N–H and O–H groups in total. The molecule has 0 unspecified atom stereocenters. The molecule has 4 fully saturated rings. The van der Waals surface area contributed by atoms with Crippen molar-refractivity contribution < 1.29 is 23.5 Å². The maximum atomic E-state index is 6.77. The van der Waals surface area contributed by atoms with Crippen LogP contribution < -0.4 is 4.74 Å². The van der Waals surface area contributed by atoms with Crippen LogP contribution in [-0.4, -0.2) is 82.5 Å². The number of nitrogens with zero attached hydrogens (tertiary/aromatic N) is 5. The summed E-state index contributed by atoms with van der Waals surface area (Å²) < 4.78 is 33.9. The van der Waals surface area contributed by atoms with Crippen LogP contribution in [0.25, 0.3) is 22.6 Å². The van der Waals surface area contributed by atoms with E-state index in [4.69, 9.17) is 38.6 Å². The Labute approximate surface area is 247 Å². The summed E-state index contributed by atoms with van der Waals surface area (Å²) in [6.45, 7) is 8.11. The SMILES string of the molecule is Cc1cn([C@@H]2CCOC2)c2nc(-c3onc4c3CCC[C@@]43CCCCC34OCCO4)nc(O[C@@H](C)[C@@H]3CCCN3C)c12. The number of hydrogen-bond donors (Lipinski definition) is 0. The highest BCUT2D eigenvalue weighted by atomic mass is 16.7. The van der Waals surface area contributed by atoms with E-state index in [-0.39, 0.29) is 17.6 Å². The van der Waals surface area contributed by atoms with Crippen molar-refractivity contribution >= 4 is 11.0 Å². The third-order valence-electron chi connectivity index (χ3n) is 10.9. The van der Waals surface area contributed by atoms with Crippen molar-refractivity contribution in [2.24, 2.45) is 0 Å². The van der Waals surface area contributed by atoms with Crippen LogP contribution in [-0.2, 0) is 26.0 Å². The van der Waals surface area contributed by atoms with Gasteiger partial charge in [0.15, 0.2) is 5.79 Å². The van der Waals surface area contributed by atoms with E-state index in [1.54, 1.807) is 0 Å². The molecular formula is C32H43N5O5. The van der Waals surface area contributed by atoms with Crippen molar-refractivity contribution in [1.29, 1.82) is 0 Å². The molecule has 3 aromatic rings. The third-order valence-corrected chi connectivity index (χ3v) is 10.9. The van der Waals surface area contributed by atoms with Gasteiger partial charge in [0.25, 0.3) is 0 Å². The highest BCUT2D eigenvalue weighted by Crippen LogP contribution is 2.57. The number of likely N-dealkylation sites (N-methyl/N-ethyl adjacent to an activating group) is 1. The number of rotatable bonds is 5. The van der Waals surface area contributed by atoms with E-state index in [2.05, 4.69) is 36.6 Å². The quantitative estimate of drug-likeness (QED) is 0.410. The molecule has 0 bridgehead atoms. The molecule has 3 aromatic heterocycles. The van der Waals surface area contributed by atoms with Gasteiger partial charge in [0.2, 0.25) is 17.5 Å². The maximum absolute atomic E-state index is 6.77. The van der Waals surface area contributed by atoms with Crippen LogP contribution in [0.5, 0.6) is 5.88 Å². The number of aryl methyl sites for hydroxylation is 1. The molecule has 0 aromatic carbocycles. The minimum Gasteiger partial charge on any atom is -0.472 e. The van der Waals surface area contributed by atoms with Gasteiger partial charge in [0.05, 0.1) is 42.4 Å². The van der Waals surface area contributed by atoms with Crippen molar-refractivity contribution in [3.63, 3.8) is 0 Å². The maximum Gasteiger partial charge on any atom is 0.227 e. The molecule has 3 aliphatic heterocycles. The lowest BCUT2D eigenvalue weighted by Gasteiger charge is -2.50. The van der Waals surface area contributed by atoms with Gasteiger partial charge in [-0.3, -0.25) is 4.90 Å². The summed E-state index contributed by atoms with van der Waals surface area (Å²) in [6.07, 6.45) is 12.5. The van der Waals surface area contributed by atoms with Crippen molar-refractivity contribution in [3.8, 4) is 17.5 Å². The summed E-state index contributed by atoms with van der Waals surface area (Å²) >= 11 is 0. The summed E-state index contributed by atoms with van der Waals surface area (Å²) in [7, 11) is 2.19. The fourth-order valence-electron chi connectivity index (χ4n) is 8.77. The molecule has 2 spiro atoms. The van der Waals surface area contributed by atoms with Gasteiger partial charge in [0.1, 0.15) is 11.8 Å². The number of aromatic nitrogens is 4. The monoisotopic (exact) mass is 577 g/mol. The molecule has 6 heterocycles. The zero-order valence-electron chi connectivity index (χ0n) is 25.2.